The zero-order valence-corrected chi connectivity index (χ0v) is 10.7. The fraction of sp³-hybridized carbons (Fsp3) is 0.467. The van der Waals surface area contributed by atoms with E-state index in [1.165, 1.54) is 23.8 Å². The summed E-state index contributed by atoms with van der Waals surface area (Å²) >= 11 is 0. The van der Waals surface area contributed by atoms with Crippen LogP contribution in [0.25, 0.3) is 11.0 Å². The van der Waals surface area contributed by atoms with E-state index < -0.39 is 0 Å². The fourth-order valence-electron chi connectivity index (χ4n) is 2.03. The molecule has 17 heavy (non-hydrogen) atoms. The van der Waals surface area contributed by atoms with Gasteiger partial charge in [0, 0.05) is 17.5 Å². The Morgan fingerprint density at radius 3 is 2.88 bits per heavy atom. The lowest BCUT2D eigenvalue weighted by atomic mass is 10.1. The fourth-order valence-corrected chi connectivity index (χ4v) is 2.03. The Hall–Kier alpha value is -1.28. The average molecular weight is 231 g/mol. The molecule has 1 aromatic heterocycles. The van der Waals surface area contributed by atoms with Gasteiger partial charge in [0.15, 0.2) is 0 Å². The van der Waals surface area contributed by atoms with E-state index in [0.717, 1.165) is 24.6 Å². The third-order valence-electron chi connectivity index (χ3n) is 3.01. The molecule has 1 aromatic carbocycles. The van der Waals surface area contributed by atoms with Crippen LogP contribution in [-0.4, -0.2) is 6.54 Å². The highest BCUT2D eigenvalue weighted by Crippen LogP contribution is 2.20. The number of hydrogen-bond acceptors (Lipinski definition) is 2. The Morgan fingerprint density at radius 2 is 2.06 bits per heavy atom. The van der Waals surface area contributed by atoms with Crippen molar-refractivity contribution >= 4 is 11.0 Å². The van der Waals surface area contributed by atoms with E-state index >= 15 is 0 Å². The lowest BCUT2D eigenvalue weighted by Gasteiger charge is -2.05. The van der Waals surface area contributed by atoms with Gasteiger partial charge in [0.05, 0.1) is 6.26 Å². The largest absolute Gasteiger partial charge is 0.464 e. The van der Waals surface area contributed by atoms with Crippen LogP contribution in [0, 0.1) is 5.92 Å². The average Bonchev–Trinajstić information content (AvgIpc) is 2.72. The van der Waals surface area contributed by atoms with Crippen LogP contribution in [0.15, 0.2) is 34.9 Å². The van der Waals surface area contributed by atoms with E-state index in [2.05, 4.69) is 31.3 Å². The van der Waals surface area contributed by atoms with Crippen molar-refractivity contribution in [2.45, 2.75) is 33.2 Å². The highest BCUT2D eigenvalue weighted by Gasteiger charge is 2.03. The summed E-state index contributed by atoms with van der Waals surface area (Å²) in [4.78, 5) is 0. The molecule has 0 saturated heterocycles. The zero-order chi connectivity index (χ0) is 12.1. The van der Waals surface area contributed by atoms with Gasteiger partial charge in [-0.05, 0) is 31.4 Å². The van der Waals surface area contributed by atoms with Gasteiger partial charge >= 0.3 is 0 Å². The van der Waals surface area contributed by atoms with Crippen molar-refractivity contribution in [1.29, 1.82) is 0 Å². The molecule has 2 nitrogen and oxygen atoms in total. The number of hydrogen-bond donors (Lipinski definition) is 1. The third-order valence-corrected chi connectivity index (χ3v) is 3.01. The third kappa shape index (κ3) is 3.34. The molecule has 0 radical (unpaired) electrons. The van der Waals surface area contributed by atoms with Gasteiger partial charge in [-0.1, -0.05) is 32.0 Å². The summed E-state index contributed by atoms with van der Waals surface area (Å²) in [6.45, 7) is 6.51. The summed E-state index contributed by atoms with van der Waals surface area (Å²) in [5.41, 5.74) is 2.23. The SMILES string of the molecule is CC(C)CCCNCc1coc2ccccc12. The predicted octanol–water partition coefficient (Wildman–Crippen LogP) is 3.96. The first kappa shape index (κ1) is 12.2. The van der Waals surface area contributed by atoms with E-state index in [1.54, 1.807) is 0 Å². The molecule has 0 aliphatic rings. The molecule has 92 valence electrons. The number of benzene rings is 1. The smallest absolute Gasteiger partial charge is 0.134 e. The van der Waals surface area contributed by atoms with Crippen LogP contribution in [0.3, 0.4) is 0 Å². The molecule has 0 saturated carbocycles. The minimum absolute atomic E-state index is 0.798. The Balaban J connectivity index is 1.83. The normalized spacial score (nSPS) is 11.5. The topological polar surface area (TPSA) is 25.2 Å². The summed E-state index contributed by atoms with van der Waals surface area (Å²) in [5.74, 6) is 0.798. The van der Waals surface area contributed by atoms with Crippen molar-refractivity contribution < 1.29 is 4.42 Å². The molecule has 0 aliphatic carbocycles. The molecule has 0 aliphatic heterocycles. The van der Waals surface area contributed by atoms with Crippen molar-refractivity contribution in [3.63, 3.8) is 0 Å². The quantitative estimate of drug-likeness (QED) is 0.761. The maximum Gasteiger partial charge on any atom is 0.134 e. The first-order valence-corrected chi connectivity index (χ1v) is 6.43. The van der Waals surface area contributed by atoms with Crippen LogP contribution in [-0.2, 0) is 6.54 Å². The van der Waals surface area contributed by atoms with Gasteiger partial charge in [-0.2, -0.15) is 0 Å². The molecule has 2 heteroatoms. The number of furan rings is 1. The second-order valence-corrected chi connectivity index (χ2v) is 4.97. The monoisotopic (exact) mass is 231 g/mol. The molecule has 0 spiro atoms. The van der Waals surface area contributed by atoms with E-state index in [1.807, 2.05) is 18.4 Å². The number of para-hydroxylation sites is 1. The van der Waals surface area contributed by atoms with Crippen molar-refractivity contribution in [2.75, 3.05) is 6.54 Å². The number of rotatable bonds is 6. The number of fused-ring (bicyclic) bond motifs is 1. The molecule has 2 aromatic rings. The van der Waals surface area contributed by atoms with Crippen molar-refractivity contribution in [3.8, 4) is 0 Å². The zero-order valence-electron chi connectivity index (χ0n) is 10.7. The van der Waals surface area contributed by atoms with Crippen LogP contribution in [0.5, 0.6) is 0 Å². The van der Waals surface area contributed by atoms with Gasteiger partial charge in [0.1, 0.15) is 5.58 Å². The van der Waals surface area contributed by atoms with E-state index in [0.29, 0.717) is 0 Å². The van der Waals surface area contributed by atoms with Crippen LogP contribution in [0.4, 0.5) is 0 Å². The summed E-state index contributed by atoms with van der Waals surface area (Å²) in [6, 6.07) is 8.19. The standard InChI is InChI=1S/C15H21NO/c1-12(2)6-5-9-16-10-13-11-17-15-8-4-3-7-14(13)15/h3-4,7-8,11-12,16H,5-6,9-10H2,1-2H3. The molecular weight excluding hydrogens is 210 g/mol. The van der Waals surface area contributed by atoms with Crippen molar-refractivity contribution in [1.82, 2.24) is 5.32 Å². The van der Waals surface area contributed by atoms with Gasteiger partial charge in [0.25, 0.3) is 0 Å². The molecule has 2 rings (SSSR count). The second kappa shape index (κ2) is 5.87. The Morgan fingerprint density at radius 1 is 1.24 bits per heavy atom. The summed E-state index contributed by atoms with van der Waals surface area (Å²) in [5, 5.41) is 4.70. The summed E-state index contributed by atoms with van der Waals surface area (Å²) < 4.78 is 5.50. The lowest BCUT2D eigenvalue weighted by Crippen LogP contribution is -2.14. The van der Waals surface area contributed by atoms with Gasteiger partial charge in [-0.25, -0.2) is 0 Å². The lowest BCUT2D eigenvalue weighted by molar-refractivity contribution is 0.526. The molecule has 0 atom stereocenters. The maximum atomic E-state index is 5.50. The molecule has 0 unspecified atom stereocenters. The second-order valence-electron chi connectivity index (χ2n) is 4.97. The van der Waals surface area contributed by atoms with E-state index in [9.17, 15) is 0 Å². The van der Waals surface area contributed by atoms with Gasteiger partial charge in [-0.3, -0.25) is 0 Å². The molecular formula is C15H21NO. The van der Waals surface area contributed by atoms with Crippen molar-refractivity contribution in [2.24, 2.45) is 5.92 Å². The maximum absolute atomic E-state index is 5.50. The highest BCUT2D eigenvalue weighted by molar-refractivity contribution is 5.80. The van der Waals surface area contributed by atoms with E-state index in [-0.39, 0.29) is 0 Å². The first-order chi connectivity index (χ1) is 8.27. The van der Waals surface area contributed by atoms with Crippen LogP contribution in [0.1, 0.15) is 32.3 Å². The molecule has 0 bridgehead atoms. The van der Waals surface area contributed by atoms with Crippen LogP contribution >= 0.6 is 0 Å². The van der Waals surface area contributed by atoms with Crippen LogP contribution in [0.2, 0.25) is 0 Å². The molecule has 0 fully saturated rings. The minimum Gasteiger partial charge on any atom is -0.464 e. The summed E-state index contributed by atoms with van der Waals surface area (Å²) in [6.07, 6.45) is 4.40. The van der Waals surface area contributed by atoms with Gasteiger partial charge in [0.2, 0.25) is 0 Å². The van der Waals surface area contributed by atoms with Crippen LogP contribution < -0.4 is 5.32 Å². The Bertz CT molecular complexity index is 459. The molecule has 1 N–H and O–H groups in total. The van der Waals surface area contributed by atoms with Crippen molar-refractivity contribution in [3.05, 3.63) is 36.1 Å². The first-order valence-electron chi connectivity index (χ1n) is 6.43. The minimum atomic E-state index is 0.798. The summed E-state index contributed by atoms with van der Waals surface area (Å²) in [7, 11) is 0. The van der Waals surface area contributed by atoms with E-state index in [4.69, 9.17) is 4.42 Å². The molecule has 0 amide bonds. The Kier molecular flexibility index (Phi) is 4.21. The molecule has 1 heterocycles. The number of nitrogens with one attached hydrogen (secondary N) is 1. The Labute approximate surface area is 103 Å². The predicted molar refractivity (Wildman–Crippen MR) is 72.0 cm³/mol. The highest BCUT2D eigenvalue weighted by atomic mass is 16.3. The van der Waals surface area contributed by atoms with Gasteiger partial charge in [-0.15, -0.1) is 0 Å². The van der Waals surface area contributed by atoms with Gasteiger partial charge < -0.3 is 9.73 Å².